The molecule has 140 valence electrons. The van der Waals surface area contributed by atoms with Crippen molar-refractivity contribution >= 4 is 5.91 Å². The van der Waals surface area contributed by atoms with Crippen molar-refractivity contribution in [3.05, 3.63) is 59.2 Å². The van der Waals surface area contributed by atoms with E-state index in [0.717, 1.165) is 18.6 Å². The Morgan fingerprint density at radius 3 is 2.23 bits per heavy atom. The lowest BCUT2D eigenvalue weighted by Crippen LogP contribution is -2.37. The fourth-order valence-corrected chi connectivity index (χ4v) is 2.85. The van der Waals surface area contributed by atoms with Crippen molar-refractivity contribution in [1.29, 1.82) is 0 Å². The number of aryl methyl sites for hydroxylation is 2. The van der Waals surface area contributed by atoms with Gasteiger partial charge in [-0.15, -0.1) is 0 Å². The Labute approximate surface area is 156 Å². The number of ether oxygens (including phenoxy) is 2. The lowest BCUT2D eigenvalue weighted by molar-refractivity contribution is -0.128. The van der Waals surface area contributed by atoms with Crippen LogP contribution in [0.1, 0.15) is 43.9 Å². The highest BCUT2D eigenvalue weighted by atomic mass is 16.5. The summed E-state index contributed by atoms with van der Waals surface area (Å²) in [4.78, 5) is 12.6. The molecule has 0 bridgehead atoms. The summed E-state index contributed by atoms with van der Waals surface area (Å²) in [6, 6.07) is 13.8. The molecule has 0 fully saturated rings. The van der Waals surface area contributed by atoms with Gasteiger partial charge in [-0.05, 0) is 60.2 Å². The van der Waals surface area contributed by atoms with Crippen LogP contribution in [0, 0.1) is 0 Å². The van der Waals surface area contributed by atoms with Gasteiger partial charge in [-0.3, -0.25) is 4.79 Å². The summed E-state index contributed by atoms with van der Waals surface area (Å²) in [6.07, 6.45) is 2.04. The molecule has 1 N–H and O–H groups in total. The predicted octanol–water partition coefficient (Wildman–Crippen LogP) is 4.29. The van der Waals surface area contributed by atoms with Gasteiger partial charge in [0.2, 0.25) is 0 Å². The van der Waals surface area contributed by atoms with E-state index in [1.165, 1.54) is 16.7 Å². The Hall–Kier alpha value is -2.49. The lowest BCUT2D eigenvalue weighted by atomic mass is 10.0. The van der Waals surface area contributed by atoms with Crippen molar-refractivity contribution in [2.24, 2.45) is 0 Å². The zero-order valence-corrected chi connectivity index (χ0v) is 16.2. The zero-order valence-electron chi connectivity index (χ0n) is 16.2. The van der Waals surface area contributed by atoms with Crippen molar-refractivity contribution < 1.29 is 14.3 Å². The average molecular weight is 355 g/mol. The molecular weight excluding hydrogens is 326 g/mol. The van der Waals surface area contributed by atoms with E-state index in [2.05, 4.69) is 37.4 Å². The van der Waals surface area contributed by atoms with E-state index in [-0.39, 0.29) is 5.91 Å². The van der Waals surface area contributed by atoms with Crippen LogP contribution in [0.5, 0.6) is 11.5 Å². The van der Waals surface area contributed by atoms with Crippen LogP contribution in [0.2, 0.25) is 0 Å². The number of rotatable bonds is 9. The molecule has 2 aromatic rings. The molecule has 0 saturated carbocycles. The number of hydrogen-bond donors (Lipinski definition) is 1. The number of hydrogen-bond acceptors (Lipinski definition) is 3. The Balaban J connectivity index is 2.00. The third kappa shape index (κ3) is 5.25. The van der Waals surface area contributed by atoms with Gasteiger partial charge < -0.3 is 14.8 Å². The monoisotopic (exact) mass is 355 g/mol. The van der Waals surface area contributed by atoms with Gasteiger partial charge >= 0.3 is 0 Å². The molecule has 0 aliphatic carbocycles. The summed E-state index contributed by atoms with van der Waals surface area (Å²) >= 11 is 0. The first-order valence-electron chi connectivity index (χ1n) is 9.30. The van der Waals surface area contributed by atoms with Crippen LogP contribution in [0.3, 0.4) is 0 Å². The second-order valence-electron chi connectivity index (χ2n) is 6.22. The standard InChI is InChI=1S/C22H29NO3/c1-5-16-8-9-17(6-2)18(14-16)15-23-22(24)21(7-3)26-20-12-10-19(25-4)11-13-20/h8-14,21H,5-7,15H2,1-4H3,(H,23,24)/t21-/m1/s1. The third-order valence-corrected chi connectivity index (χ3v) is 4.51. The van der Waals surface area contributed by atoms with Gasteiger partial charge in [0, 0.05) is 6.54 Å². The van der Waals surface area contributed by atoms with E-state index < -0.39 is 6.10 Å². The molecule has 4 heteroatoms. The molecule has 2 aromatic carbocycles. The molecule has 0 saturated heterocycles. The number of methoxy groups -OCH3 is 1. The van der Waals surface area contributed by atoms with E-state index in [1.807, 2.05) is 31.2 Å². The summed E-state index contributed by atoms with van der Waals surface area (Å²) in [6.45, 7) is 6.74. The molecule has 0 aliphatic rings. The molecule has 0 aromatic heterocycles. The minimum atomic E-state index is -0.511. The normalized spacial score (nSPS) is 11.7. The first-order valence-corrected chi connectivity index (χ1v) is 9.30. The summed E-state index contributed by atoms with van der Waals surface area (Å²) in [5.74, 6) is 1.33. The Morgan fingerprint density at radius 1 is 0.962 bits per heavy atom. The zero-order chi connectivity index (χ0) is 18.9. The molecule has 1 amide bonds. The van der Waals surface area contributed by atoms with E-state index in [0.29, 0.717) is 18.7 Å². The lowest BCUT2D eigenvalue weighted by Gasteiger charge is -2.18. The van der Waals surface area contributed by atoms with Crippen LogP contribution in [0.15, 0.2) is 42.5 Å². The van der Waals surface area contributed by atoms with Crippen LogP contribution >= 0.6 is 0 Å². The van der Waals surface area contributed by atoms with E-state index >= 15 is 0 Å². The molecule has 0 aliphatic heterocycles. The number of carbonyl (C=O) groups excluding carboxylic acids is 1. The fraction of sp³-hybridized carbons (Fsp3) is 0.409. The minimum Gasteiger partial charge on any atom is -0.497 e. The molecule has 26 heavy (non-hydrogen) atoms. The van der Waals surface area contributed by atoms with Crippen molar-refractivity contribution in [2.45, 2.75) is 52.7 Å². The average Bonchev–Trinajstić information content (AvgIpc) is 2.70. The van der Waals surface area contributed by atoms with E-state index in [1.54, 1.807) is 7.11 Å². The Bertz CT molecular complexity index is 710. The van der Waals surface area contributed by atoms with Crippen molar-refractivity contribution in [3.8, 4) is 11.5 Å². The van der Waals surface area contributed by atoms with Crippen LogP contribution in [-0.2, 0) is 24.2 Å². The molecule has 0 radical (unpaired) electrons. The molecule has 1 atom stereocenters. The van der Waals surface area contributed by atoms with E-state index in [4.69, 9.17) is 9.47 Å². The maximum absolute atomic E-state index is 12.6. The summed E-state index contributed by atoms with van der Waals surface area (Å²) in [5, 5.41) is 3.03. The molecule has 2 rings (SSSR count). The second-order valence-corrected chi connectivity index (χ2v) is 6.22. The number of benzene rings is 2. The second kappa shape index (κ2) is 9.85. The van der Waals surface area contributed by atoms with Crippen molar-refractivity contribution in [3.63, 3.8) is 0 Å². The smallest absolute Gasteiger partial charge is 0.261 e. The number of nitrogens with one attached hydrogen (secondary N) is 1. The summed E-state index contributed by atoms with van der Waals surface area (Å²) in [5.41, 5.74) is 3.74. The summed E-state index contributed by atoms with van der Waals surface area (Å²) < 4.78 is 11.0. The largest absolute Gasteiger partial charge is 0.497 e. The number of carbonyl (C=O) groups is 1. The van der Waals surface area contributed by atoms with Crippen molar-refractivity contribution in [2.75, 3.05) is 7.11 Å². The Morgan fingerprint density at radius 2 is 1.65 bits per heavy atom. The van der Waals surface area contributed by atoms with Gasteiger partial charge in [0.15, 0.2) is 6.10 Å². The highest BCUT2D eigenvalue weighted by Crippen LogP contribution is 2.19. The molecule has 0 unspecified atom stereocenters. The number of amides is 1. The van der Waals surface area contributed by atoms with Crippen LogP contribution < -0.4 is 14.8 Å². The van der Waals surface area contributed by atoms with Gasteiger partial charge in [0.1, 0.15) is 11.5 Å². The molecular formula is C22H29NO3. The topological polar surface area (TPSA) is 47.6 Å². The highest BCUT2D eigenvalue weighted by molar-refractivity contribution is 5.81. The third-order valence-electron chi connectivity index (χ3n) is 4.51. The quantitative estimate of drug-likeness (QED) is 0.730. The van der Waals surface area contributed by atoms with Crippen molar-refractivity contribution in [1.82, 2.24) is 5.32 Å². The fourth-order valence-electron chi connectivity index (χ4n) is 2.85. The molecule has 4 nitrogen and oxygen atoms in total. The van der Waals surface area contributed by atoms with Gasteiger partial charge in [-0.2, -0.15) is 0 Å². The van der Waals surface area contributed by atoms with Gasteiger partial charge in [0.05, 0.1) is 7.11 Å². The van der Waals surface area contributed by atoms with Crippen LogP contribution in [0.4, 0.5) is 0 Å². The first-order chi connectivity index (χ1) is 12.6. The first kappa shape index (κ1) is 19.8. The minimum absolute atomic E-state index is 0.0905. The SMILES string of the molecule is CCc1ccc(CC)c(CNC(=O)[C@@H](CC)Oc2ccc(OC)cc2)c1. The van der Waals surface area contributed by atoms with Gasteiger partial charge in [-0.1, -0.05) is 39.0 Å². The molecule has 0 heterocycles. The molecule has 0 spiro atoms. The van der Waals surface area contributed by atoms with Crippen LogP contribution in [0.25, 0.3) is 0 Å². The maximum Gasteiger partial charge on any atom is 0.261 e. The van der Waals surface area contributed by atoms with Crippen LogP contribution in [-0.4, -0.2) is 19.1 Å². The van der Waals surface area contributed by atoms with Gasteiger partial charge in [0.25, 0.3) is 5.91 Å². The summed E-state index contributed by atoms with van der Waals surface area (Å²) in [7, 11) is 1.62. The Kier molecular flexibility index (Phi) is 7.52. The van der Waals surface area contributed by atoms with Gasteiger partial charge in [-0.25, -0.2) is 0 Å². The maximum atomic E-state index is 12.6. The predicted molar refractivity (Wildman–Crippen MR) is 105 cm³/mol. The highest BCUT2D eigenvalue weighted by Gasteiger charge is 2.18. The van der Waals surface area contributed by atoms with E-state index in [9.17, 15) is 4.79 Å².